The fraction of sp³-hybridized carbons (Fsp3) is 0.154. The number of thiophene rings is 1. The molecule has 0 saturated heterocycles. The van der Waals surface area contributed by atoms with Crippen molar-refractivity contribution in [1.29, 1.82) is 0 Å². The summed E-state index contributed by atoms with van der Waals surface area (Å²) in [6.07, 6.45) is 0. The van der Waals surface area contributed by atoms with Crippen molar-refractivity contribution in [2.75, 3.05) is 17.7 Å². The Hall–Kier alpha value is -2.01. The maximum Gasteiger partial charge on any atom is 0.248 e. The molecule has 0 aliphatic rings. The van der Waals surface area contributed by atoms with E-state index >= 15 is 0 Å². The van der Waals surface area contributed by atoms with E-state index in [1.165, 1.54) is 5.56 Å². The summed E-state index contributed by atoms with van der Waals surface area (Å²) in [5.41, 5.74) is 14.3. The molecule has 0 spiro atoms. The van der Waals surface area contributed by atoms with Crippen molar-refractivity contribution >= 4 is 28.6 Å². The predicted molar refractivity (Wildman–Crippen MR) is 75.8 cm³/mol. The predicted octanol–water partition coefficient (Wildman–Crippen LogP) is 2.07. The Labute approximate surface area is 110 Å². The third kappa shape index (κ3) is 2.62. The second kappa shape index (κ2) is 5.10. The normalized spacial score (nSPS) is 10.3. The van der Waals surface area contributed by atoms with Gasteiger partial charge in [0.2, 0.25) is 5.91 Å². The van der Waals surface area contributed by atoms with Gasteiger partial charge in [0.1, 0.15) is 0 Å². The van der Waals surface area contributed by atoms with Crippen LogP contribution in [-0.4, -0.2) is 13.0 Å². The Morgan fingerprint density at radius 3 is 2.72 bits per heavy atom. The number of rotatable bonds is 4. The van der Waals surface area contributed by atoms with Crippen molar-refractivity contribution in [2.45, 2.75) is 6.54 Å². The molecule has 1 heterocycles. The summed E-state index contributed by atoms with van der Waals surface area (Å²) in [5.74, 6) is -0.464. The van der Waals surface area contributed by atoms with E-state index in [1.54, 1.807) is 23.5 Å². The molecule has 0 saturated carbocycles. The highest BCUT2D eigenvalue weighted by molar-refractivity contribution is 7.07. The molecular weight excluding hydrogens is 246 g/mol. The van der Waals surface area contributed by atoms with Crippen LogP contribution in [0.15, 0.2) is 35.0 Å². The maximum absolute atomic E-state index is 11.0. The highest BCUT2D eigenvalue weighted by Gasteiger charge is 2.09. The van der Waals surface area contributed by atoms with Crippen molar-refractivity contribution < 1.29 is 4.79 Å². The molecule has 0 atom stereocenters. The lowest BCUT2D eigenvalue weighted by molar-refractivity contribution is 0.100. The van der Waals surface area contributed by atoms with Crippen LogP contribution >= 0.6 is 11.3 Å². The molecule has 4 nitrogen and oxygen atoms in total. The van der Waals surface area contributed by atoms with Crippen LogP contribution in [-0.2, 0) is 6.54 Å². The van der Waals surface area contributed by atoms with E-state index in [0.29, 0.717) is 11.3 Å². The van der Waals surface area contributed by atoms with Crippen molar-refractivity contribution in [3.8, 4) is 0 Å². The summed E-state index contributed by atoms with van der Waals surface area (Å²) in [4.78, 5) is 13.1. The molecule has 0 fully saturated rings. The number of nitrogens with zero attached hydrogens (tertiary/aromatic N) is 1. The number of nitrogens with two attached hydrogens (primary N) is 2. The van der Waals surface area contributed by atoms with Crippen molar-refractivity contribution in [3.63, 3.8) is 0 Å². The van der Waals surface area contributed by atoms with Gasteiger partial charge in [-0.2, -0.15) is 11.3 Å². The lowest BCUT2D eigenvalue weighted by atomic mass is 10.1. The topological polar surface area (TPSA) is 72.3 Å². The standard InChI is InChI=1S/C13H15N3OS/c1-16(7-9-4-5-18-8-9)12-3-2-10(13(15)17)6-11(12)14/h2-6,8H,7,14H2,1H3,(H2,15,17). The summed E-state index contributed by atoms with van der Waals surface area (Å²) in [5, 5.41) is 4.15. The number of carbonyl (C=O) groups is 1. The molecule has 94 valence electrons. The minimum absolute atomic E-state index is 0.431. The molecular formula is C13H15N3OS. The molecule has 0 unspecified atom stereocenters. The van der Waals surface area contributed by atoms with Gasteiger partial charge in [-0.3, -0.25) is 4.79 Å². The van der Waals surface area contributed by atoms with Gasteiger partial charge in [-0.1, -0.05) is 0 Å². The fourth-order valence-corrected chi connectivity index (χ4v) is 2.46. The van der Waals surface area contributed by atoms with Gasteiger partial charge in [0.15, 0.2) is 0 Å². The molecule has 0 radical (unpaired) electrons. The molecule has 2 aromatic rings. The van der Waals surface area contributed by atoms with E-state index in [1.807, 2.05) is 23.4 Å². The molecule has 18 heavy (non-hydrogen) atoms. The van der Waals surface area contributed by atoms with Crippen molar-refractivity contribution in [3.05, 3.63) is 46.2 Å². The van der Waals surface area contributed by atoms with E-state index in [0.717, 1.165) is 12.2 Å². The quantitative estimate of drug-likeness (QED) is 0.827. The number of hydrogen-bond donors (Lipinski definition) is 2. The number of carbonyl (C=O) groups excluding carboxylic acids is 1. The van der Waals surface area contributed by atoms with Crippen LogP contribution in [0, 0.1) is 0 Å². The Morgan fingerprint density at radius 1 is 1.39 bits per heavy atom. The molecule has 1 amide bonds. The monoisotopic (exact) mass is 261 g/mol. The number of amides is 1. The smallest absolute Gasteiger partial charge is 0.248 e. The molecule has 1 aromatic heterocycles. The highest BCUT2D eigenvalue weighted by Crippen LogP contribution is 2.25. The van der Waals surface area contributed by atoms with Crippen LogP contribution in [0.3, 0.4) is 0 Å². The van der Waals surface area contributed by atoms with Gasteiger partial charge < -0.3 is 16.4 Å². The number of hydrogen-bond acceptors (Lipinski definition) is 4. The summed E-state index contributed by atoms with van der Waals surface area (Å²) < 4.78 is 0. The zero-order valence-electron chi connectivity index (χ0n) is 10.1. The van der Waals surface area contributed by atoms with Crippen molar-refractivity contribution in [2.24, 2.45) is 5.73 Å². The summed E-state index contributed by atoms with van der Waals surface area (Å²) >= 11 is 1.67. The summed E-state index contributed by atoms with van der Waals surface area (Å²) in [6.45, 7) is 0.781. The third-order valence-corrected chi connectivity index (χ3v) is 3.46. The number of nitrogen functional groups attached to an aromatic ring is 1. The minimum atomic E-state index is -0.464. The average Bonchev–Trinajstić information content (AvgIpc) is 2.81. The van der Waals surface area contributed by atoms with Crippen molar-refractivity contribution in [1.82, 2.24) is 0 Å². The van der Waals surface area contributed by atoms with Gasteiger partial charge >= 0.3 is 0 Å². The van der Waals surface area contributed by atoms with E-state index in [4.69, 9.17) is 11.5 Å². The van der Waals surface area contributed by atoms with Gasteiger partial charge in [-0.15, -0.1) is 0 Å². The lowest BCUT2D eigenvalue weighted by Crippen LogP contribution is -2.18. The van der Waals surface area contributed by atoms with Crippen LogP contribution in [0.5, 0.6) is 0 Å². The second-order valence-electron chi connectivity index (χ2n) is 4.13. The molecule has 0 bridgehead atoms. The van der Waals surface area contributed by atoms with Gasteiger partial charge in [0.25, 0.3) is 0 Å². The third-order valence-electron chi connectivity index (χ3n) is 2.72. The van der Waals surface area contributed by atoms with E-state index < -0.39 is 5.91 Å². The first-order valence-corrected chi connectivity index (χ1v) is 6.44. The first kappa shape index (κ1) is 12.4. The highest BCUT2D eigenvalue weighted by atomic mass is 32.1. The molecule has 4 N–H and O–H groups in total. The van der Waals surface area contributed by atoms with Gasteiger partial charge in [-0.05, 0) is 40.6 Å². The molecule has 5 heteroatoms. The Morgan fingerprint density at radius 2 is 2.17 bits per heavy atom. The molecule has 0 aliphatic heterocycles. The van der Waals surface area contributed by atoms with Gasteiger partial charge in [0, 0.05) is 19.2 Å². The fourth-order valence-electron chi connectivity index (χ4n) is 1.80. The first-order valence-electron chi connectivity index (χ1n) is 5.49. The summed E-state index contributed by atoms with van der Waals surface area (Å²) in [7, 11) is 1.97. The van der Waals surface area contributed by atoms with Crippen LogP contribution in [0.2, 0.25) is 0 Å². The Kier molecular flexibility index (Phi) is 3.53. The van der Waals surface area contributed by atoms with Gasteiger partial charge in [-0.25, -0.2) is 0 Å². The number of anilines is 2. The Bertz CT molecular complexity index is 551. The van der Waals surface area contributed by atoms with E-state index in [2.05, 4.69) is 11.4 Å². The minimum Gasteiger partial charge on any atom is -0.397 e. The maximum atomic E-state index is 11.0. The summed E-state index contributed by atoms with van der Waals surface area (Å²) in [6, 6.07) is 7.21. The number of primary amides is 1. The van der Waals surface area contributed by atoms with Crippen LogP contribution in [0.25, 0.3) is 0 Å². The van der Waals surface area contributed by atoms with E-state index in [-0.39, 0.29) is 0 Å². The lowest BCUT2D eigenvalue weighted by Gasteiger charge is -2.20. The SMILES string of the molecule is CN(Cc1ccsc1)c1ccc(C(N)=O)cc1N. The van der Waals surface area contributed by atoms with Crippen LogP contribution < -0.4 is 16.4 Å². The Balaban J connectivity index is 2.20. The molecule has 2 rings (SSSR count). The van der Waals surface area contributed by atoms with Gasteiger partial charge in [0.05, 0.1) is 11.4 Å². The van der Waals surface area contributed by atoms with E-state index in [9.17, 15) is 4.79 Å². The second-order valence-corrected chi connectivity index (χ2v) is 4.91. The zero-order valence-corrected chi connectivity index (χ0v) is 10.9. The van der Waals surface area contributed by atoms with Crippen LogP contribution in [0.4, 0.5) is 11.4 Å². The molecule has 0 aliphatic carbocycles. The largest absolute Gasteiger partial charge is 0.397 e. The number of benzene rings is 1. The molecule has 1 aromatic carbocycles. The zero-order chi connectivity index (χ0) is 13.1. The first-order chi connectivity index (χ1) is 8.58. The van der Waals surface area contributed by atoms with Crippen LogP contribution in [0.1, 0.15) is 15.9 Å². The average molecular weight is 261 g/mol.